The van der Waals surface area contributed by atoms with Crippen molar-refractivity contribution in [2.75, 3.05) is 13.1 Å². The van der Waals surface area contributed by atoms with Gasteiger partial charge in [0.15, 0.2) is 0 Å². The third-order valence-corrected chi connectivity index (χ3v) is 1.40. The monoisotopic (exact) mass is 171 g/mol. The Kier molecular flexibility index (Phi) is 2.82. The van der Waals surface area contributed by atoms with E-state index in [1.807, 2.05) is 0 Å². The first kappa shape index (κ1) is 8.73. The van der Waals surface area contributed by atoms with E-state index < -0.39 is 11.9 Å². The lowest BCUT2D eigenvalue weighted by molar-refractivity contribution is -0.201. The lowest BCUT2D eigenvalue weighted by Crippen LogP contribution is -2.38. The highest BCUT2D eigenvalue weighted by molar-refractivity contribution is 5.90. The Labute approximate surface area is 69.2 Å². The molecular weight excluding hydrogens is 162 g/mol. The number of hydrogen-bond donors (Lipinski definition) is 1. The predicted molar refractivity (Wildman–Crippen MR) is 39.1 cm³/mol. The molecule has 0 unspecified atom stereocenters. The van der Waals surface area contributed by atoms with Crippen LogP contribution in [0, 0.1) is 0 Å². The predicted octanol–water partition coefficient (Wildman–Crippen LogP) is -0.209. The van der Waals surface area contributed by atoms with Crippen LogP contribution in [0.4, 0.5) is 0 Å². The van der Waals surface area contributed by atoms with Crippen molar-refractivity contribution in [1.82, 2.24) is 5.06 Å². The van der Waals surface area contributed by atoms with Crippen LogP contribution in [0.2, 0.25) is 0 Å². The number of carboxylic acid groups (broad SMARTS) is 1. The molecule has 5 nitrogen and oxygen atoms in total. The molecule has 1 fully saturated rings. The van der Waals surface area contributed by atoms with Crippen LogP contribution < -0.4 is 0 Å². The standard InChI is InChI=1S/C7H9NO4/c9-6(10)2-3-7(11)12-8-4-1-5-8/h2-3H,1,4-5H2,(H,9,10). The SMILES string of the molecule is O=C(O)C=CC(=O)ON1CCC1. The van der Waals surface area contributed by atoms with E-state index in [-0.39, 0.29) is 0 Å². The van der Waals surface area contributed by atoms with Crippen molar-refractivity contribution in [2.45, 2.75) is 6.42 Å². The number of aliphatic carboxylic acids is 1. The van der Waals surface area contributed by atoms with Crippen molar-refractivity contribution in [2.24, 2.45) is 0 Å². The van der Waals surface area contributed by atoms with Crippen LogP contribution in [0.25, 0.3) is 0 Å². The summed E-state index contributed by atoms with van der Waals surface area (Å²) in [6, 6.07) is 0. The molecule has 1 rings (SSSR count). The topological polar surface area (TPSA) is 66.8 Å². The average Bonchev–Trinajstić information content (AvgIpc) is 1.93. The first-order valence-corrected chi connectivity index (χ1v) is 3.56. The molecule has 12 heavy (non-hydrogen) atoms. The van der Waals surface area contributed by atoms with Gasteiger partial charge in [0.1, 0.15) is 0 Å². The maximum atomic E-state index is 10.7. The summed E-state index contributed by atoms with van der Waals surface area (Å²) >= 11 is 0. The van der Waals surface area contributed by atoms with Crippen molar-refractivity contribution in [3.8, 4) is 0 Å². The van der Waals surface area contributed by atoms with Gasteiger partial charge < -0.3 is 9.94 Å². The van der Waals surface area contributed by atoms with E-state index in [1.54, 1.807) is 0 Å². The van der Waals surface area contributed by atoms with Crippen LogP contribution in [0.3, 0.4) is 0 Å². The first-order valence-electron chi connectivity index (χ1n) is 3.56. The molecule has 1 N–H and O–H groups in total. The smallest absolute Gasteiger partial charge is 0.349 e. The zero-order valence-electron chi connectivity index (χ0n) is 6.40. The van der Waals surface area contributed by atoms with Crippen molar-refractivity contribution in [3.63, 3.8) is 0 Å². The number of nitrogens with zero attached hydrogens (tertiary/aromatic N) is 1. The van der Waals surface area contributed by atoms with E-state index in [2.05, 4.69) is 4.84 Å². The Bertz CT molecular complexity index is 219. The second-order valence-electron chi connectivity index (χ2n) is 2.36. The number of carbonyl (C=O) groups excluding carboxylic acids is 1. The molecule has 0 aromatic carbocycles. The summed E-state index contributed by atoms with van der Waals surface area (Å²) in [7, 11) is 0. The number of carboxylic acids is 1. The lowest BCUT2D eigenvalue weighted by atomic mass is 10.3. The maximum absolute atomic E-state index is 10.7. The summed E-state index contributed by atoms with van der Waals surface area (Å²) in [6.45, 7) is 1.46. The van der Waals surface area contributed by atoms with Gasteiger partial charge in [0.25, 0.3) is 0 Å². The molecule has 0 aliphatic carbocycles. The van der Waals surface area contributed by atoms with Crippen LogP contribution in [0.1, 0.15) is 6.42 Å². The minimum atomic E-state index is -1.16. The summed E-state index contributed by atoms with van der Waals surface area (Å²) < 4.78 is 0. The molecule has 0 saturated carbocycles. The Morgan fingerprint density at radius 1 is 1.33 bits per heavy atom. The highest BCUT2D eigenvalue weighted by atomic mass is 16.7. The zero-order valence-corrected chi connectivity index (χ0v) is 6.40. The van der Waals surface area contributed by atoms with Crippen LogP contribution in [-0.2, 0) is 14.4 Å². The maximum Gasteiger partial charge on any atom is 0.349 e. The largest absolute Gasteiger partial charge is 0.478 e. The molecule has 0 amide bonds. The fraction of sp³-hybridized carbons (Fsp3) is 0.429. The van der Waals surface area contributed by atoms with E-state index in [0.29, 0.717) is 0 Å². The average molecular weight is 171 g/mol. The fourth-order valence-corrected chi connectivity index (χ4v) is 0.675. The van der Waals surface area contributed by atoms with E-state index >= 15 is 0 Å². The van der Waals surface area contributed by atoms with Gasteiger partial charge in [0, 0.05) is 25.2 Å². The Balaban J connectivity index is 2.23. The highest BCUT2D eigenvalue weighted by Gasteiger charge is 2.17. The minimum Gasteiger partial charge on any atom is -0.478 e. The van der Waals surface area contributed by atoms with Crippen LogP contribution >= 0.6 is 0 Å². The van der Waals surface area contributed by atoms with Gasteiger partial charge in [-0.25, -0.2) is 9.59 Å². The molecule has 1 heterocycles. The van der Waals surface area contributed by atoms with E-state index in [4.69, 9.17) is 5.11 Å². The third kappa shape index (κ3) is 2.71. The number of rotatable bonds is 3. The summed E-state index contributed by atoms with van der Waals surface area (Å²) in [5.41, 5.74) is 0. The zero-order chi connectivity index (χ0) is 8.97. The molecule has 0 spiro atoms. The molecule has 66 valence electrons. The molecule has 0 bridgehead atoms. The van der Waals surface area contributed by atoms with Crippen LogP contribution in [-0.4, -0.2) is 35.2 Å². The molecule has 0 atom stereocenters. The molecule has 1 aliphatic heterocycles. The van der Waals surface area contributed by atoms with Crippen molar-refractivity contribution < 1.29 is 19.5 Å². The van der Waals surface area contributed by atoms with E-state index in [0.717, 1.165) is 31.7 Å². The van der Waals surface area contributed by atoms with Gasteiger partial charge in [-0.3, -0.25) is 0 Å². The van der Waals surface area contributed by atoms with Crippen molar-refractivity contribution in [1.29, 1.82) is 0 Å². The molecular formula is C7H9NO4. The van der Waals surface area contributed by atoms with Crippen LogP contribution in [0.5, 0.6) is 0 Å². The second-order valence-corrected chi connectivity index (χ2v) is 2.36. The second kappa shape index (κ2) is 3.87. The molecule has 5 heteroatoms. The Morgan fingerprint density at radius 3 is 2.42 bits per heavy atom. The quantitative estimate of drug-likeness (QED) is 0.595. The number of hydroxylamine groups is 2. The van der Waals surface area contributed by atoms with Gasteiger partial charge >= 0.3 is 11.9 Å². The van der Waals surface area contributed by atoms with Gasteiger partial charge in [0.05, 0.1) is 0 Å². The van der Waals surface area contributed by atoms with Crippen molar-refractivity contribution in [3.05, 3.63) is 12.2 Å². The van der Waals surface area contributed by atoms with E-state index in [1.165, 1.54) is 5.06 Å². The number of carbonyl (C=O) groups is 2. The first-order chi connectivity index (χ1) is 5.68. The molecule has 0 aromatic heterocycles. The number of hydrogen-bond acceptors (Lipinski definition) is 4. The minimum absolute atomic E-state index is 0.642. The third-order valence-electron chi connectivity index (χ3n) is 1.40. The van der Waals surface area contributed by atoms with E-state index in [9.17, 15) is 9.59 Å². The lowest BCUT2D eigenvalue weighted by Gasteiger charge is -2.27. The molecule has 1 aliphatic rings. The molecule has 1 saturated heterocycles. The summed E-state index contributed by atoms with van der Waals surface area (Å²) in [6.07, 6.45) is 2.65. The molecule has 0 radical (unpaired) electrons. The van der Waals surface area contributed by atoms with Crippen LogP contribution in [0.15, 0.2) is 12.2 Å². The van der Waals surface area contributed by atoms with Crippen molar-refractivity contribution >= 4 is 11.9 Å². The van der Waals surface area contributed by atoms with Gasteiger partial charge in [-0.2, -0.15) is 0 Å². The van der Waals surface area contributed by atoms with Gasteiger partial charge in [-0.05, 0) is 6.42 Å². The molecule has 0 aromatic rings. The summed E-state index contributed by atoms with van der Waals surface area (Å²) in [5.74, 6) is -1.80. The highest BCUT2D eigenvalue weighted by Crippen LogP contribution is 2.05. The fourth-order valence-electron chi connectivity index (χ4n) is 0.675. The summed E-state index contributed by atoms with van der Waals surface area (Å²) in [4.78, 5) is 25.4. The Hall–Kier alpha value is -1.36. The van der Waals surface area contributed by atoms with Gasteiger partial charge in [0.2, 0.25) is 0 Å². The van der Waals surface area contributed by atoms with Gasteiger partial charge in [-0.1, -0.05) is 0 Å². The normalized spacial score (nSPS) is 17.3. The Morgan fingerprint density at radius 2 is 2.00 bits per heavy atom. The summed E-state index contributed by atoms with van der Waals surface area (Å²) in [5, 5.41) is 9.64. The van der Waals surface area contributed by atoms with Gasteiger partial charge in [-0.15, -0.1) is 5.06 Å².